The summed E-state index contributed by atoms with van der Waals surface area (Å²) in [6, 6.07) is -0.118. The summed E-state index contributed by atoms with van der Waals surface area (Å²) < 4.78 is 5.32. The van der Waals surface area contributed by atoms with Crippen molar-refractivity contribution in [1.82, 2.24) is 10.6 Å². The Labute approximate surface area is 110 Å². The van der Waals surface area contributed by atoms with Gasteiger partial charge in [0.25, 0.3) is 0 Å². The minimum absolute atomic E-state index is 0.0492. The molecule has 0 aliphatic rings. The molecule has 0 aliphatic heterocycles. The van der Waals surface area contributed by atoms with Gasteiger partial charge in [0, 0.05) is 26.3 Å². The lowest BCUT2D eigenvalue weighted by Gasteiger charge is -2.27. The second-order valence-electron chi connectivity index (χ2n) is 5.54. The molecule has 18 heavy (non-hydrogen) atoms. The Bertz CT molecular complexity index is 244. The van der Waals surface area contributed by atoms with Gasteiger partial charge in [-0.3, -0.25) is 0 Å². The van der Waals surface area contributed by atoms with Crippen LogP contribution in [-0.2, 0) is 4.74 Å². The molecule has 0 radical (unpaired) electrons. The number of aliphatic hydroxyl groups excluding tert-OH is 1. The first-order chi connectivity index (χ1) is 8.30. The molecule has 3 N–H and O–H groups in total. The van der Waals surface area contributed by atoms with Crippen molar-refractivity contribution < 1.29 is 14.6 Å². The Morgan fingerprint density at radius 3 is 2.50 bits per heavy atom. The molecule has 2 unspecified atom stereocenters. The van der Waals surface area contributed by atoms with Gasteiger partial charge >= 0.3 is 6.03 Å². The van der Waals surface area contributed by atoms with Crippen LogP contribution in [0.5, 0.6) is 0 Å². The molecule has 0 saturated carbocycles. The summed E-state index contributed by atoms with van der Waals surface area (Å²) in [6.07, 6.45) is 1.45. The van der Waals surface area contributed by atoms with Crippen molar-refractivity contribution in [2.45, 2.75) is 52.2 Å². The van der Waals surface area contributed by atoms with Gasteiger partial charge in [-0.2, -0.15) is 0 Å². The predicted octanol–water partition coefficient (Wildman–Crippen LogP) is 1.51. The summed E-state index contributed by atoms with van der Waals surface area (Å²) in [6.45, 7) is 8.67. The predicted molar refractivity (Wildman–Crippen MR) is 72.6 cm³/mol. The van der Waals surface area contributed by atoms with Crippen LogP contribution in [0.2, 0.25) is 0 Å². The number of urea groups is 1. The lowest BCUT2D eigenvalue weighted by atomic mass is 10.00. The molecular weight excluding hydrogens is 232 g/mol. The number of carbonyl (C=O) groups excluding carboxylic acids is 1. The second-order valence-corrected chi connectivity index (χ2v) is 5.54. The van der Waals surface area contributed by atoms with E-state index in [1.54, 1.807) is 7.11 Å². The molecule has 0 saturated heterocycles. The van der Waals surface area contributed by atoms with Crippen LogP contribution in [0.3, 0.4) is 0 Å². The Morgan fingerprint density at radius 1 is 1.39 bits per heavy atom. The van der Waals surface area contributed by atoms with Gasteiger partial charge in [0.05, 0.1) is 5.60 Å². The minimum atomic E-state index is -0.239. The highest BCUT2D eigenvalue weighted by molar-refractivity contribution is 5.74. The number of methoxy groups -OCH3 is 1. The molecule has 2 atom stereocenters. The highest BCUT2D eigenvalue weighted by atomic mass is 16.5. The van der Waals surface area contributed by atoms with Crippen LogP contribution in [0, 0.1) is 5.92 Å². The summed E-state index contributed by atoms with van der Waals surface area (Å²) in [7, 11) is 1.67. The highest BCUT2D eigenvalue weighted by Crippen LogP contribution is 2.15. The van der Waals surface area contributed by atoms with Crippen molar-refractivity contribution in [2.24, 2.45) is 5.92 Å². The third kappa shape index (κ3) is 8.31. The van der Waals surface area contributed by atoms with Crippen molar-refractivity contribution in [3.8, 4) is 0 Å². The minimum Gasteiger partial charge on any atom is -0.396 e. The number of aliphatic hydroxyl groups is 1. The van der Waals surface area contributed by atoms with Crippen molar-refractivity contribution >= 4 is 6.03 Å². The van der Waals surface area contributed by atoms with Crippen molar-refractivity contribution in [1.29, 1.82) is 0 Å². The average Bonchev–Trinajstić information content (AvgIpc) is 2.26. The Morgan fingerprint density at radius 2 is 2.00 bits per heavy atom. The number of amides is 2. The summed E-state index contributed by atoms with van der Waals surface area (Å²) in [5.74, 6) is 0.284. The normalized spacial score (nSPS) is 15.0. The third-order valence-electron chi connectivity index (χ3n) is 2.96. The van der Waals surface area contributed by atoms with E-state index in [-0.39, 0.29) is 30.2 Å². The molecule has 0 fully saturated rings. The largest absolute Gasteiger partial charge is 0.396 e. The topological polar surface area (TPSA) is 70.6 Å². The van der Waals surface area contributed by atoms with Gasteiger partial charge in [-0.05, 0) is 39.5 Å². The van der Waals surface area contributed by atoms with E-state index >= 15 is 0 Å². The van der Waals surface area contributed by atoms with Crippen LogP contribution in [0.1, 0.15) is 40.5 Å². The van der Waals surface area contributed by atoms with Gasteiger partial charge in [0.2, 0.25) is 0 Å². The van der Waals surface area contributed by atoms with Crippen molar-refractivity contribution in [3.63, 3.8) is 0 Å². The molecule has 5 heteroatoms. The first kappa shape index (κ1) is 17.2. The van der Waals surface area contributed by atoms with Gasteiger partial charge < -0.3 is 20.5 Å². The Balaban J connectivity index is 3.87. The number of nitrogens with one attached hydrogen (secondary N) is 2. The van der Waals surface area contributed by atoms with Gasteiger partial charge in [0.15, 0.2) is 0 Å². The average molecular weight is 260 g/mol. The quantitative estimate of drug-likeness (QED) is 0.619. The van der Waals surface area contributed by atoms with Crippen LogP contribution >= 0.6 is 0 Å². The van der Waals surface area contributed by atoms with E-state index in [1.807, 2.05) is 27.7 Å². The van der Waals surface area contributed by atoms with Crippen LogP contribution < -0.4 is 10.6 Å². The second kappa shape index (κ2) is 8.32. The van der Waals surface area contributed by atoms with Gasteiger partial charge in [-0.1, -0.05) is 6.92 Å². The van der Waals surface area contributed by atoms with E-state index in [2.05, 4.69) is 10.6 Å². The van der Waals surface area contributed by atoms with Crippen molar-refractivity contribution in [3.05, 3.63) is 0 Å². The molecule has 0 aliphatic carbocycles. The van der Waals surface area contributed by atoms with E-state index in [0.29, 0.717) is 13.0 Å². The number of hydrogen-bond acceptors (Lipinski definition) is 3. The molecule has 2 amide bonds. The first-order valence-electron chi connectivity index (χ1n) is 6.51. The smallest absolute Gasteiger partial charge is 0.315 e. The standard InChI is InChI=1S/C13H28N2O3/c1-10(6-7-16)9-14-12(17)15-11(2)8-13(3,4)18-5/h10-11,16H,6-9H2,1-5H3,(H2,14,15,17). The molecule has 108 valence electrons. The Hall–Kier alpha value is -0.810. The molecule has 0 bridgehead atoms. The maximum atomic E-state index is 11.6. The third-order valence-corrected chi connectivity index (χ3v) is 2.96. The maximum absolute atomic E-state index is 11.6. The molecule has 0 spiro atoms. The molecule has 0 rings (SSSR count). The van der Waals surface area contributed by atoms with Gasteiger partial charge in [-0.15, -0.1) is 0 Å². The fourth-order valence-electron chi connectivity index (χ4n) is 1.74. The van der Waals surface area contributed by atoms with Gasteiger partial charge in [-0.25, -0.2) is 4.79 Å². The lowest BCUT2D eigenvalue weighted by Crippen LogP contribution is -2.45. The fourth-order valence-corrected chi connectivity index (χ4v) is 1.74. The molecule has 0 aromatic rings. The van der Waals surface area contributed by atoms with Crippen molar-refractivity contribution in [2.75, 3.05) is 20.3 Å². The van der Waals surface area contributed by atoms with Crippen LogP contribution in [0.15, 0.2) is 0 Å². The van der Waals surface area contributed by atoms with Crippen LogP contribution in [0.25, 0.3) is 0 Å². The van der Waals surface area contributed by atoms with Crippen LogP contribution in [-0.4, -0.2) is 43.0 Å². The molecule has 5 nitrogen and oxygen atoms in total. The molecule has 0 heterocycles. The number of hydrogen-bond donors (Lipinski definition) is 3. The molecule has 0 aromatic heterocycles. The Kier molecular flexibility index (Phi) is 7.95. The SMILES string of the molecule is COC(C)(C)CC(C)NC(=O)NCC(C)CCO. The summed E-state index contributed by atoms with van der Waals surface area (Å²) in [5, 5.41) is 14.4. The highest BCUT2D eigenvalue weighted by Gasteiger charge is 2.21. The van der Waals surface area contributed by atoms with E-state index in [0.717, 1.165) is 6.42 Å². The zero-order chi connectivity index (χ0) is 14.2. The number of ether oxygens (including phenoxy) is 1. The molecular formula is C13H28N2O3. The number of carbonyl (C=O) groups is 1. The van der Waals surface area contributed by atoms with Gasteiger partial charge in [0.1, 0.15) is 0 Å². The lowest BCUT2D eigenvalue weighted by molar-refractivity contribution is 0.00949. The zero-order valence-electron chi connectivity index (χ0n) is 12.2. The van der Waals surface area contributed by atoms with Crippen LogP contribution in [0.4, 0.5) is 4.79 Å². The fraction of sp³-hybridized carbons (Fsp3) is 0.923. The summed E-state index contributed by atoms with van der Waals surface area (Å²) >= 11 is 0. The zero-order valence-corrected chi connectivity index (χ0v) is 12.2. The number of rotatable bonds is 8. The van der Waals surface area contributed by atoms with E-state index < -0.39 is 0 Å². The monoisotopic (exact) mass is 260 g/mol. The van der Waals surface area contributed by atoms with E-state index in [4.69, 9.17) is 9.84 Å². The van der Waals surface area contributed by atoms with E-state index in [9.17, 15) is 4.79 Å². The summed E-state index contributed by atoms with van der Waals surface area (Å²) in [4.78, 5) is 11.6. The molecule has 0 aromatic carbocycles. The summed E-state index contributed by atoms with van der Waals surface area (Å²) in [5.41, 5.74) is -0.239. The maximum Gasteiger partial charge on any atom is 0.315 e. The van der Waals surface area contributed by atoms with E-state index in [1.165, 1.54) is 0 Å². The first-order valence-corrected chi connectivity index (χ1v) is 6.51.